The van der Waals surface area contributed by atoms with Crippen molar-refractivity contribution in [2.24, 2.45) is 0 Å². The van der Waals surface area contributed by atoms with Crippen LogP contribution in [0.1, 0.15) is 43.7 Å². The molecule has 104 valence electrons. The number of thiophene rings is 1. The molecule has 0 aromatic carbocycles. The van der Waals surface area contributed by atoms with Gasteiger partial charge in [-0.1, -0.05) is 20.8 Å². The minimum absolute atomic E-state index is 0.479. The van der Waals surface area contributed by atoms with E-state index in [2.05, 4.69) is 54.2 Å². The summed E-state index contributed by atoms with van der Waals surface area (Å²) in [6, 6.07) is 4.23. The molecule has 0 saturated heterocycles. The van der Waals surface area contributed by atoms with Gasteiger partial charge in [-0.3, -0.25) is 0 Å². The summed E-state index contributed by atoms with van der Waals surface area (Å²) in [6.07, 6.45) is 1.17. The van der Waals surface area contributed by atoms with E-state index in [4.69, 9.17) is 4.98 Å². The van der Waals surface area contributed by atoms with Crippen molar-refractivity contribution in [3.8, 4) is 9.88 Å². The van der Waals surface area contributed by atoms with E-state index in [0.29, 0.717) is 5.92 Å². The topological polar surface area (TPSA) is 24.9 Å². The zero-order valence-corrected chi connectivity index (χ0v) is 14.7. The fraction of sp³-hybridized carbons (Fsp3) is 0.500. The van der Waals surface area contributed by atoms with E-state index in [-0.39, 0.29) is 0 Å². The van der Waals surface area contributed by atoms with Crippen molar-refractivity contribution in [3.05, 3.63) is 26.5 Å². The largest absolute Gasteiger partial charge is 0.312 e. The van der Waals surface area contributed by atoms with Gasteiger partial charge in [-0.05, 0) is 46.9 Å². The lowest BCUT2D eigenvalue weighted by Crippen LogP contribution is -2.14. The van der Waals surface area contributed by atoms with Crippen molar-refractivity contribution >= 4 is 38.6 Å². The molecule has 0 aliphatic rings. The molecule has 5 heteroatoms. The highest BCUT2D eigenvalue weighted by Gasteiger charge is 2.15. The van der Waals surface area contributed by atoms with E-state index < -0.39 is 0 Å². The average molecular weight is 359 g/mol. The van der Waals surface area contributed by atoms with Crippen LogP contribution in [0.15, 0.2) is 15.9 Å². The Kier molecular flexibility index (Phi) is 5.57. The Labute approximate surface area is 131 Å². The van der Waals surface area contributed by atoms with Gasteiger partial charge in [-0.2, -0.15) is 0 Å². The van der Waals surface area contributed by atoms with Crippen LogP contribution < -0.4 is 5.32 Å². The van der Waals surface area contributed by atoms with E-state index in [9.17, 15) is 0 Å². The Morgan fingerprint density at radius 1 is 1.32 bits per heavy atom. The zero-order valence-electron chi connectivity index (χ0n) is 11.5. The molecule has 0 unspecified atom stereocenters. The van der Waals surface area contributed by atoms with Crippen LogP contribution in [0.5, 0.6) is 0 Å². The predicted octanol–water partition coefficient (Wildman–Crippen LogP) is 5.26. The monoisotopic (exact) mass is 358 g/mol. The van der Waals surface area contributed by atoms with Gasteiger partial charge >= 0.3 is 0 Å². The molecule has 0 radical (unpaired) electrons. The maximum absolute atomic E-state index is 4.84. The molecule has 2 aromatic rings. The molecule has 0 aliphatic heterocycles. The molecule has 0 bridgehead atoms. The van der Waals surface area contributed by atoms with Crippen LogP contribution in [0.25, 0.3) is 9.88 Å². The molecular formula is C14H19BrN2S2. The number of hydrogen-bond donors (Lipinski definition) is 1. The number of thiazole rings is 1. The molecule has 19 heavy (non-hydrogen) atoms. The van der Waals surface area contributed by atoms with Crippen LogP contribution >= 0.6 is 38.6 Å². The second-order valence-corrected chi connectivity index (χ2v) is 8.31. The summed E-state index contributed by atoms with van der Waals surface area (Å²) >= 11 is 7.09. The third kappa shape index (κ3) is 3.88. The lowest BCUT2D eigenvalue weighted by Gasteiger charge is -2.05. The maximum atomic E-state index is 4.84. The predicted molar refractivity (Wildman–Crippen MR) is 89.2 cm³/mol. The van der Waals surface area contributed by atoms with Gasteiger partial charge in [0, 0.05) is 11.4 Å². The van der Waals surface area contributed by atoms with Crippen LogP contribution in [-0.4, -0.2) is 11.5 Å². The van der Waals surface area contributed by atoms with E-state index in [0.717, 1.165) is 21.9 Å². The minimum Gasteiger partial charge on any atom is -0.312 e. The van der Waals surface area contributed by atoms with Crippen LogP contribution in [-0.2, 0) is 6.54 Å². The maximum Gasteiger partial charge on any atom is 0.133 e. The Morgan fingerprint density at radius 3 is 2.68 bits per heavy atom. The summed E-state index contributed by atoms with van der Waals surface area (Å²) < 4.78 is 1.16. The van der Waals surface area contributed by atoms with Crippen LogP contribution in [0, 0.1) is 0 Å². The summed E-state index contributed by atoms with van der Waals surface area (Å²) in [7, 11) is 0. The lowest BCUT2D eigenvalue weighted by molar-refractivity contribution is 0.670. The van der Waals surface area contributed by atoms with Crippen molar-refractivity contribution in [1.29, 1.82) is 0 Å². The molecule has 0 amide bonds. The Hall–Kier alpha value is -0.230. The minimum atomic E-state index is 0.479. The van der Waals surface area contributed by atoms with E-state index in [1.165, 1.54) is 21.9 Å². The normalized spacial score (nSPS) is 11.4. The molecule has 2 rings (SSSR count). The smallest absolute Gasteiger partial charge is 0.133 e. The molecule has 2 aromatic heterocycles. The number of nitrogens with one attached hydrogen (secondary N) is 1. The molecule has 0 spiro atoms. The molecule has 1 N–H and O–H groups in total. The zero-order chi connectivity index (χ0) is 13.8. The van der Waals surface area contributed by atoms with Gasteiger partial charge in [0.1, 0.15) is 5.01 Å². The Balaban J connectivity index is 2.24. The number of nitrogens with zero attached hydrogens (tertiary/aromatic N) is 1. The van der Waals surface area contributed by atoms with Gasteiger partial charge < -0.3 is 5.32 Å². The Morgan fingerprint density at radius 2 is 2.11 bits per heavy atom. The third-order valence-corrected chi connectivity index (χ3v) is 5.63. The summed E-state index contributed by atoms with van der Waals surface area (Å²) in [4.78, 5) is 7.47. The van der Waals surface area contributed by atoms with Gasteiger partial charge in [0.25, 0.3) is 0 Å². The SMILES string of the molecule is CCCNCc1sc(-c2ccc(Br)s2)nc1C(C)C. The highest BCUT2D eigenvalue weighted by Crippen LogP contribution is 2.36. The van der Waals surface area contributed by atoms with Crippen molar-refractivity contribution in [3.63, 3.8) is 0 Å². The summed E-state index contributed by atoms with van der Waals surface area (Å²) in [5, 5.41) is 4.63. The summed E-state index contributed by atoms with van der Waals surface area (Å²) in [5.41, 5.74) is 1.24. The van der Waals surface area contributed by atoms with Gasteiger partial charge in [0.15, 0.2) is 0 Å². The number of aromatic nitrogens is 1. The fourth-order valence-electron chi connectivity index (χ4n) is 1.85. The molecule has 0 atom stereocenters. The average Bonchev–Trinajstić information content (AvgIpc) is 2.96. The highest BCUT2D eigenvalue weighted by atomic mass is 79.9. The van der Waals surface area contributed by atoms with E-state index >= 15 is 0 Å². The highest BCUT2D eigenvalue weighted by molar-refractivity contribution is 9.11. The van der Waals surface area contributed by atoms with Gasteiger partial charge in [0.05, 0.1) is 14.4 Å². The number of rotatable bonds is 6. The molecule has 0 fully saturated rings. The van der Waals surface area contributed by atoms with E-state index in [1.807, 2.05) is 11.3 Å². The van der Waals surface area contributed by atoms with Crippen LogP contribution in [0.2, 0.25) is 0 Å². The van der Waals surface area contributed by atoms with Crippen molar-refractivity contribution in [2.75, 3.05) is 6.54 Å². The van der Waals surface area contributed by atoms with E-state index in [1.54, 1.807) is 11.3 Å². The first-order valence-corrected chi connectivity index (χ1v) is 9.00. The first kappa shape index (κ1) is 15.2. The second kappa shape index (κ2) is 6.97. The first-order chi connectivity index (χ1) is 9.11. The van der Waals surface area contributed by atoms with Crippen molar-refractivity contribution < 1.29 is 0 Å². The summed E-state index contributed by atoms with van der Waals surface area (Å²) in [5.74, 6) is 0.479. The lowest BCUT2D eigenvalue weighted by atomic mass is 10.1. The van der Waals surface area contributed by atoms with Gasteiger partial charge in [-0.15, -0.1) is 22.7 Å². The van der Waals surface area contributed by atoms with Gasteiger partial charge in [0.2, 0.25) is 0 Å². The first-order valence-electron chi connectivity index (χ1n) is 6.57. The second-order valence-electron chi connectivity index (χ2n) is 4.76. The Bertz CT molecular complexity index is 531. The number of halogens is 1. The van der Waals surface area contributed by atoms with Crippen molar-refractivity contribution in [1.82, 2.24) is 10.3 Å². The molecular weight excluding hydrogens is 340 g/mol. The molecule has 2 nitrogen and oxygen atoms in total. The molecule has 0 aliphatic carbocycles. The third-order valence-electron chi connectivity index (χ3n) is 2.77. The standard InChI is InChI=1S/C14H19BrN2S2/c1-4-7-16-8-11-13(9(2)3)17-14(19-11)10-5-6-12(15)18-10/h5-6,9,16H,4,7-8H2,1-3H3. The van der Waals surface area contributed by atoms with Crippen LogP contribution in [0.3, 0.4) is 0 Å². The molecule has 2 heterocycles. The fourth-order valence-corrected chi connectivity index (χ4v) is 4.48. The van der Waals surface area contributed by atoms with Gasteiger partial charge in [-0.25, -0.2) is 4.98 Å². The molecule has 0 saturated carbocycles. The van der Waals surface area contributed by atoms with Crippen LogP contribution in [0.4, 0.5) is 0 Å². The summed E-state index contributed by atoms with van der Waals surface area (Å²) in [6.45, 7) is 8.62. The quantitative estimate of drug-likeness (QED) is 0.712. The van der Waals surface area contributed by atoms with Crippen molar-refractivity contribution in [2.45, 2.75) is 39.7 Å². The number of hydrogen-bond acceptors (Lipinski definition) is 4.